The topological polar surface area (TPSA) is 79.7 Å². The van der Waals surface area contributed by atoms with Gasteiger partial charge < -0.3 is 14.7 Å². The second-order valence-electron chi connectivity index (χ2n) is 10.6. The second kappa shape index (κ2) is 11.3. The molecule has 1 heterocycles. The fraction of sp³-hybridized carbons (Fsp3) is 0.536. The van der Waals surface area contributed by atoms with Gasteiger partial charge in [-0.15, -0.1) is 0 Å². The number of carboxylic acids is 1. The van der Waals surface area contributed by atoms with Gasteiger partial charge in [0.15, 0.2) is 11.6 Å². The molecule has 38 heavy (non-hydrogen) atoms. The molecule has 2 saturated carbocycles. The highest BCUT2D eigenvalue weighted by atomic mass is 19.4. The van der Waals surface area contributed by atoms with Gasteiger partial charge in [0, 0.05) is 30.3 Å². The number of ether oxygens (including phenoxy) is 1. The van der Waals surface area contributed by atoms with Gasteiger partial charge in [-0.1, -0.05) is 13.8 Å². The number of halogens is 4. The van der Waals surface area contributed by atoms with E-state index in [1.54, 1.807) is 0 Å². The summed E-state index contributed by atoms with van der Waals surface area (Å²) >= 11 is 0. The van der Waals surface area contributed by atoms with Gasteiger partial charge in [-0.3, -0.25) is 4.79 Å². The molecule has 10 heteroatoms. The van der Waals surface area contributed by atoms with Crippen molar-refractivity contribution in [2.75, 3.05) is 4.90 Å². The molecule has 0 atom stereocenters. The maximum Gasteiger partial charge on any atom is 0.421 e. The van der Waals surface area contributed by atoms with Crippen molar-refractivity contribution in [1.29, 1.82) is 0 Å². The van der Waals surface area contributed by atoms with Crippen LogP contribution in [0, 0.1) is 23.6 Å². The third kappa shape index (κ3) is 6.10. The fourth-order valence-electron chi connectivity index (χ4n) is 5.48. The van der Waals surface area contributed by atoms with Crippen molar-refractivity contribution in [2.24, 2.45) is 17.8 Å². The third-order valence-electron chi connectivity index (χ3n) is 7.78. The van der Waals surface area contributed by atoms with E-state index in [-0.39, 0.29) is 23.6 Å². The van der Waals surface area contributed by atoms with E-state index in [9.17, 15) is 27.9 Å². The number of carbonyl (C=O) groups is 2. The minimum atomic E-state index is -4.81. The summed E-state index contributed by atoms with van der Waals surface area (Å²) in [4.78, 5) is 31.2. The summed E-state index contributed by atoms with van der Waals surface area (Å²) in [6, 6.07) is 3.25. The van der Waals surface area contributed by atoms with Gasteiger partial charge >= 0.3 is 12.1 Å². The van der Waals surface area contributed by atoms with Crippen LogP contribution in [-0.4, -0.2) is 28.0 Å². The molecule has 0 radical (unpaired) electrons. The predicted molar refractivity (Wildman–Crippen MR) is 133 cm³/mol. The molecule has 2 aromatic rings. The lowest BCUT2D eigenvalue weighted by molar-refractivity contribution is -0.139. The molecule has 4 rings (SSSR count). The molecule has 0 saturated heterocycles. The first-order chi connectivity index (χ1) is 18.0. The monoisotopic (exact) mass is 536 g/mol. The van der Waals surface area contributed by atoms with Gasteiger partial charge in [0.25, 0.3) is 0 Å². The average molecular weight is 537 g/mol. The number of rotatable bonds is 6. The third-order valence-corrected chi connectivity index (χ3v) is 7.78. The van der Waals surface area contributed by atoms with Crippen molar-refractivity contribution in [1.82, 2.24) is 4.98 Å². The van der Waals surface area contributed by atoms with E-state index in [0.29, 0.717) is 37.5 Å². The van der Waals surface area contributed by atoms with Crippen LogP contribution in [0.25, 0.3) is 0 Å². The quantitative estimate of drug-likeness (QED) is 0.388. The van der Waals surface area contributed by atoms with Gasteiger partial charge in [0.1, 0.15) is 5.56 Å². The Morgan fingerprint density at radius 2 is 1.61 bits per heavy atom. The molecular weight excluding hydrogens is 504 g/mol. The van der Waals surface area contributed by atoms with Crippen molar-refractivity contribution in [3.8, 4) is 11.6 Å². The zero-order valence-corrected chi connectivity index (χ0v) is 21.4. The summed E-state index contributed by atoms with van der Waals surface area (Å²) in [5, 5.41) is 10.0. The van der Waals surface area contributed by atoms with Crippen molar-refractivity contribution in [3.63, 3.8) is 0 Å². The Hall–Kier alpha value is -3.17. The molecule has 1 amide bonds. The van der Waals surface area contributed by atoms with E-state index < -0.39 is 40.7 Å². The van der Waals surface area contributed by atoms with E-state index in [0.717, 1.165) is 56.1 Å². The summed E-state index contributed by atoms with van der Waals surface area (Å²) in [7, 11) is 0. The summed E-state index contributed by atoms with van der Waals surface area (Å²) in [5.74, 6) is -3.69. The normalized spacial score (nSPS) is 24.1. The van der Waals surface area contributed by atoms with Gasteiger partial charge in [0.05, 0.1) is 11.3 Å². The average Bonchev–Trinajstić information content (AvgIpc) is 2.86. The van der Waals surface area contributed by atoms with E-state index >= 15 is 4.39 Å². The standard InChI is InChI=1S/C28H32F4N2O4/c1-16-5-9-18(10-6-16)26(35)34(19-11-7-17(2)8-12-19)23-15-22(29)24(14-20(23)27(36)37)38-25-21(28(30,31)32)4-3-13-33-25/h3-4,13-19H,5-12H2,1-2H3,(H,36,37)/t16-,17?,18-,19?. The number of amides is 1. The van der Waals surface area contributed by atoms with Crippen LogP contribution in [0.5, 0.6) is 11.6 Å². The molecule has 206 valence electrons. The number of carboxylic acid groups (broad SMARTS) is 1. The number of pyridine rings is 1. The van der Waals surface area contributed by atoms with Crippen LogP contribution in [0.1, 0.15) is 81.1 Å². The molecule has 2 aliphatic carbocycles. The number of aromatic carboxylic acids is 1. The highest BCUT2D eigenvalue weighted by molar-refractivity contribution is 6.03. The first-order valence-corrected chi connectivity index (χ1v) is 13.1. The lowest BCUT2D eigenvalue weighted by Crippen LogP contribution is -2.46. The number of carbonyl (C=O) groups excluding carboxylic acids is 1. The van der Waals surface area contributed by atoms with Gasteiger partial charge in [0.2, 0.25) is 11.8 Å². The highest BCUT2D eigenvalue weighted by Crippen LogP contribution is 2.41. The predicted octanol–water partition coefficient (Wildman–Crippen LogP) is 7.47. The second-order valence-corrected chi connectivity index (χ2v) is 10.6. The van der Waals surface area contributed by atoms with Crippen molar-refractivity contribution in [2.45, 2.75) is 77.4 Å². The fourth-order valence-corrected chi connectivity index (χ4v) is 5.48. The molecule has 6 nitrogen and oxygen atoms in total. The van der Waals surface area contributed by atoms with Crippen LogP contribution < -0.4 is 9.64 Å². The molecule has 0 bridgehead atoms. The smallest absolute Gasteiger partial charge is 0.421 e. The first-order valence-electron chi connectivity index (χ1n) is 13.1. The molecule has 1 aromatic heterocycles. The SMILES string of the molecule is CC1CCC(N(c2cc(F)c(Oc3ncccc3C(F)(F)F)cc2C(=O)O)C(=O)[C@H]2CC[C@H](C)CC2)CC1. The number of benzene rings is 1. The van der Waals surface area contributed by atoms with Gasteiger partial charge in [-0.2, -0.15) is 13.2 Å². The number of anilines is 1. The minimum absolute atomic E-state index is 0.0948. The molecule has 1 aromatic carbocycles. The molecule has 0 aliphatic heterocycles. The van der Waals surface area contributed by atoms with Crippen molar-refractivity contribution < 1.29 is 37.0 Å². The Bertz CT molecular complexity index is 1170. The Morgan fingerprint density at radius 3 is 2.18 bits per heavy atom. The molecule has 1 N–H and O–H groups in total. The lowest BCUT2D eigenvalue weighted by atomic mass is 9.81. The summed E-state index contributed by atoms with van der Waals surface area (Å²) in [5.41, 5.74) is -1.73. The Morgan fingerprint density at radius 1 is 1.00 bits per heavy atom. The first kappa shape index (κ1) is 27.9. The summed E-state index contributed by atoms with van der Waals surface area (Å²) < 4.78 is 60.8. The van der Waals surface area contributed by atoms with Crippen LogP contribution in [0.15, 0.2) is 30.5 Å². The van der Waals surface area contributed by atoms with Crippen LogP contribution >= 0.6 is 0 Å². The zero-order valence-electron chi connectivity index (χ0n) is 21.4. The molecule has 0 spiro atoms. The van der Waals surface area contributed by atoms with Gasteiger partial charge in [-0.25, -0.2) is 14.2 Å². The summed E-state index contributed by atoms with van der Waals surface area (Å²) in [6.07, 6.45) is 2.35. The van der Waals surface area contributed by atoms with Crippen LogP contribution in [0.2, 0.25) is 0 Å². The largest absolute Gasteiger partial charge is 0.478 e. The number of aromatic nitrogens is 1. The van der Waals surface area contributed by atoms with Gasteiger partial charge in [-0.05, 0) is 75.3 Å². The van der Waals surface area contributed by atoms with Crippen LogP contribution in [0.4, 0.5) is 23.2 Å². The Balaban J connectivity index is 1.75. The summed E-state index contributed by atoms with van der Waals surface area (Å²) in [6.45, 7) is 4.25. The zero-order chi connectivity index (χ0) is 27.6. The Kier molecular flexibility index (Phi) is 8.28. The van der Waals surface area contributed by atoms with Crippen molar-refractivity contribution >= 4 is 17.6 Å². The van der Waals surface area contributed by atoms with E-state index in [4.69, 9.17) is 4.74 Å². The number of hydrogen-bond acceptors (Lipinski definition) is 4. The van der Waals surface area contributed by atoms with E-state index in [2.05, 4.69) is 18.8 Å². The molecule has 0 unspecified atom stereocenters. The minimum Gasteiger partial charge on any atom is -0.478 e. The van der Waals surface area contributed by atoms with Crippen molar-refractivity contribution in [3.05, 3.63) is 47.4 Å². The van der Waals surface area contributed by atoms with Crippen LogP contribution in [-0.2, 0) is 11.0 Å². The molecule has 2 aliphatic rings. The maximum absolute atomic E-state index is 15.4. The number of nitrogens with zero attached hydrogens (tertiary/aromatic N) is 2. The Labute approximate surface area is 219 Å². The maximum atomic E-state index is 15.4. The number of alkyl halides is 3. The van der Waals surface area contributed by atoms with Crippen LogP contribution in [0.3, 0.4) is 0 Å². The van der Waals surface area contributed by atoms with E-state index in [1.165, 1.54) is 4.90 Å². The molecule has 2 fully saturated rings. The highest BCUT2D eigenvalue weighted by Gasteiger charge is 2.38. The number of hydrogen-bond donors (Lipinski definition) is 1. The lowest BCUT2D eigenvalue weighted by Gasteiger charge is -2.39. The van der Waals surface area contributed by atoms with E-state index in [1.807, 2.05) is 0 Å². The molecular formula is C28H32F4N2O4.